The first-order valence-electron chi connectivity index (χ1n) is 9.41. The molecule has 2 fully saturated rings. The molecule has 148 valence electrons. The number of ether oxygens (including phenoxy) is 2. The molecule has 1 heterocycles. The highest BCUT2D eigenvalue weighted by molar-refractivity contribution is 6.31. The molecule has 0 aromatic heterocycles. The number of hydrogen-bond donors (Lipinski definition) is 0. The van der Waals surface area contributed by atoms with Gasteiger partial charge in [0.1, 0.15) is 5.75 Å². The smallest absolute Gasteiger partial charge is 0.344 e. The Balaban J connectivity index is 1.48. The first-order chi connectivity index (χ1) is 12.6. The normalized spacial score (nSPS) is 26.0. The number of aryl methyl sites for hydroxylation is 1. The van der Waals surface area contributed by atoms with E-state index in [0.717, 1.165) is 31.4 Å². The molecule has 2 atom stereocenters. The minimum Gasteiger partial charge on any atom is -0.482 e. The molecule has 1 saturated heterocycles. The average molecular weight is 394 g/mol. The summed E-state index contributed by atoms with van der Waals surface area (Å²) in [6.45, 7) is 8.93. The standard InChI is InChI=1S/C21H28ClNO4/c1-14-7-16(5-6-17(14)22)26-11-19(25)27-10-18(24)23-13-21(4)9-15(23)8-20(2,3)12-21/h5-7,15H,8-13H2,1-4H3/t15-,21-/m1/s1. The van der Waals surface area contributed by atoms with Crippen molar-refractivity contribution in [2.75, 3.05) is 19.8 Å². The molecular formula is C21H28ClNO4. The number of esters is 1. The Morgan fingerprint density at radius 1 is 1.22 bits per heavy atom. The average Bonchev–Trinajstić information content (AvgIpc) is 2.82. The number of hydrogen-bond acceptors (Lipinski definition) is 4. The molecule has 1 aliphatic carbocycles. The summed E-state index contributed by atoms with van der Waals surface area (Å²) in [4.78, 5) is 26.4. The summed E-state index contributed by atoms with van der Waals surface area (Å²) < 4.78 is 10.6. The number of amides is 1. The molecule has 0 unspecified atom stereocenters. The summed E-state index contributed by atoms with van der Waals surface area (Å²) in [6, 6.07) is 5.42. The molecule has 1 aromatic rings. The van der Waals surface area contributed by atoms with Crippen LogP contribution in [0.5, 0.6) is 5.75 Å². The first kappa shape index (κ1) is 20.0. The fourth-order valence-corrected chi connectivity index (χ4v) is 4.99. The Morgan fingerprint density at radius 2 is 1.96 bits per heavy atom. The third-order valence-corrected chi connectivity index (χ3v) is 6.00. The molecule has 1 saturated carbocycles. The zero-order chi connectivity index (χ0) is 19.8. The number of carbonyl (C=O) groups excluding carboxylic acids is 2. The van der Waals surface area contributed by atoms with Crippen LogP contribution in [0, 0.1) is 17.8 Å². The zero-order valence-electron chi connectivity index (χ0n) is 16.5. The maximum absolute atomic E-state index is 12.6. The van der Waals surface area contributed by atoms with E-state index in [4.69, 9.17) is 21.1 Å². The number of carbonyl (C=O) groups is 2. The highest BCUT2D eigenvalue weighted by Crippen LogP contribution is 2.52. The molecule has 2 bridgehead atoms. The molecule has 3 rings (SSSR count). The van der Waals surface area contributed by atoms with Crippen molar-refractivity contribution >= 4 is 23.5 Å². The lowest BCUT2D eigenvalue weighted by atomic mass is 9.65. The molecule has 1 aromatic carbocycles. The number of halogens is 1. The van der Waals surface area contributed by atoms with E-state index in [-0.39, 0.29) is 36.0 Å². The van der Waals surface area contributed by atoms with Gasteiger partial charge in [-0.3, -0.25) is 4.79 Å². The third kappa shape index (κ3) is 4.75. The summed E-state index contributed by atoms with van der Waals surface area (Å²) in [6.07, 6.45) is 3.16. The second-order valence-corrected chi connectivity index (χ2v) is 9.50. The molecule has 2 aliphatic rings. The van der Waals surface area contributed by atoms with E-state index in [1.165, 1.54) is 0 Å². The minimum absolute atomic E-state index is 0.114. The van der Waals surface area contributed by atoms with Gasteiger partial charge < -0.3 is 14.4 Å². The van der Waals surface area contributed by atoms with Gasteiger partial charge in [0.15, 0.2) is 13.2 Å². The second-order valence-electron chi connectivity index (χ2n) is 9.10. The van der Waals surface area contributed by atoms with E-state index < -0.39 is 5.97 Å². The molecular weight excluding hydrogens is 366 g/mol. The van der Waals surface area contributed by atoms with Gasteiger partial charge in [-0.15, -0.1) is 0 Å². The molecule has 1 amide bonds. The largest absolute Gasteiger partial charge is 0.482 e. The van der Waals surface area contributed by atoms with Crippen LogP contribution >= 0.6 is 11.6 Å². The summed E-state index contributed by atoms with van der Waals surface area (Å²) >= 11 is 5.97. The molecule has 0 spiro atoms. The van der Waals surface area contributed by atoms with Crippen molar-refractivity contribution in [3.63, 3.8) is 0 Å². The number of benzene rings is 1. The van der Waals surface area contributed by atoms with E-state index in [1.54, 1.807) is 18.2 Å². The number of nitrogens with zero attached hydrogens (tertiary/aromatic N) is 1. The highest BCUT2D eigenvalue weighted by atomic mass is 35.5. The van der Waals surface area contributed by atoms with Crippen LogP contribution in [0.2, 0.25) is 5.02 Å². The van der Waals surface area contributed by atoms with Crippen LogP contribution in [0.3, 0.4) is 0 Å². The van der Waals surface area contributed by atoms with Gasteiger partial charge in [0.25, 0.3) is 5.91 Å². The fraction of sp³-hybridized carbons (Fsp3) is 0.619. The number of rotatable bonds is 5. The molecule has 6 heteroatoms. The van der Waals surface area contributed by atoms with Crippen molar-refractivity contribution in [2.45, 2.75) is 53.0 Å². The summed E-state index contributed by atoms with van der Waals surface area (Å²) in [7, 11) is 0. The molecule has 27 heavy (non-hydrogen) atoms. The van der Waals surface area contributed by atoms with Gasteiger partial charge in [0.2, 0.25) is 0 Å². The predicted octanol–water partition coefficient (Wildman–Crippen LogP) is 4.00. The van der Waals surface area contributed by atoms with Crippen LogP contribution in [0.15, 0.2) is 18.2 Å². The maximum atomic E-state index is 12.6. The lowest BCUT2D eigenvalue weighted by Crippen LogP contribution is -2.40. The van der Waals surface area contributed by atoms with Crippen molar-refractivity contribution in [3.8, 4) is 5.75 Å². The van der Waals surface area contributed by atoms with Crippen molar-refractivity contribution < 1.29 is 19.1 Å². The first-order valence-corrected chi connectivity index (χ1v) is 9.79. The Morgan fingerprint density at radius 3 is 2.67 bits per heavy atom. The fourth-order valence-electron chi connectivity index (χ4n) is 4.87. The van der Waals surface area contributed by atoms with Crippen molar-refractivity contribution in [1.29, 1.82) is 0 Å². The molecule has 1 aliphatic heterocycles. The molecule has 0 radical (unpaired) electrons. The number of fused-ring (bicyclic) bond motifs is 2. The predicted molar refractivity (Wildman–Crippen MR) is 104 cm³/mol. The van der Waals surface area contributed by atoms with Crippen LogP contribution in [0.4, 0.5) is 0 Å². The number of likely N-dealkylation sites (tertiary alicyclic amines) is 1. The Kier molecular flexibility index (Phi) is 5.44. The van der Waals surface area contributed by atoms with Gasteiger partial charge in [0, 0.05) is 17.6 Å². The van der Waals surface area contributed by atoms with Gasteiger partial charge >= 0.3 is 5.97 Å². The van der Waals surface area contributed by atoms with Crippen molar-refractivity contribution in [2.24, 2.45) is 10.8 Å². The van der Waals surface area contributed by atoms with Crippen LogP contribution in [-0.2, 0) is 14.3 Å². The van der Waals surface area contributed by atoms with Gasteiger partial charge in [-0.05, 0) is 60.8 Å². The third-order valence-electron chi connectivity index (χ3n) is 5.58. The minimum atomic E-state index is -0.551. The van der Waals surface area contributed by atoms with Gasteiger partial charge in [0.05, 0.1) is 0 Å². The van der Waals surface area contributed by atoms with Crippen LogP contribution in [0.25, 0.3) is 0 Å². The second kappa shape index (κ2) is 7.34. The molecule has 0 N–H and O–H groups in total. The van der Waals surface area contributed by atoms with E-state index in [2.05, 4.69) is 20.8 Å². The van der Waals surface area contributed by atoms with Crippen molar-refractivity contribution in [3.05, 3.63) is 28.8 Å². The van der Waals surface area contributed by atoms with E-state index in [1.807, 2.05) is 11.8 Å². The lowest BCUT2D eigenvalue weighted by molar-refractivity contribution is -0.154. The van der Waals surface area contributed by atoms with Gasteiger partial charge in [-0.25, -0.2) is 4.79 Å². The Bertz CT molecular complexity index is 748. The highest BCUT2D eigenvalue weighted by Gasteiger charge is 2.50. The lowest BCUT2D eigenvalue weighted by Gasteiger charge is -2.39. The van der Waals surface area contributed by atoms with E-state index >= 15 is 0 Å². The molecule has 5 nitrogen and oxygen atoms in total. The van der Waals surface area contributed by atoms with Crippen LogP contribution in [0.1, 0.15) is 45.6 Å². The Hall–Kier alpha value is -1.75. The SMILES string of the molecule is Cc1cc(OCC(=O)OCC(=O)N2C[C@]3(C)C[C@H]2CC(C)(C)C3)ccc1Cl. The van der Waals surface area contributed by atoms with Crippen molar-refractivity contribution in [1.82, 2.24) is 4.90 Å². The quantitative estimate of drug-likeness (QED) is 0.709. The van der Waals surface area contributed by atoms with Crippen LogP contribution in [-0.4, -0.2) is 42.6 Å². The monoisotopic (exact) mass is 393 g/mol. The summed E-state index contributed by atoms with van der Waals surface area (Å²) in [5, 5.41) is 0.642. The van der Waals surface area contributed by atoms with E-state index in [9.17, 15) is 9.59 Å². The maximum Gasteiger partial charge on any atom is 0.344 e. The topological polar surface area (TPSA) is 55.8 Å². The summed E-state index contributed by atoms with van der Waals surface area (Å²) in [5.74, 6) is -0.120. The Labute approximate surface area is 166 Å². The van der Waals surface area contributed by atoms with Gasteiger partial charge in [-0.2, -0.15) is 0 Å². The summed E-state index contributed by atoms with van der Waals surface area (Å²) in [5.41, 5.74) is 1.28. The zero-order valence-corrected chi connectivity index (χ0v) is 17.3. The van der Waals surface area contributed by atoms with E-state index in [0.29, 0.717) is 10.8 Å². The van der Waals surface area contributed by atoms with Crippen LogP contribution < -0.4 is 4.74 Å². The van der Waals surface area contributed by atoms with Gasteiger partial charge in [-0.1, -0.05) is 32.4 Å².